The maximum atomic E-state index is 12.5. The molecule has 2 aliphatic rings. The molecule has 1 aliphatic carbocycles. The van der Waals surface area contributed by atoms with Crippen molar-refractivity contribution in [2.24, 2.45) is 5.92 Å². The molecule has 1 saturated carbocycles. The molecule has 0 spiro atoms. The van der Waals surface area contributed by atoms with E-state index in [0.29, 0.717) is 22.3 Å². The topological polar surface area (TPSA) is 41.6 Å². The van der Waals surface area contributed by atoms with Crippen LogP contribution >= 0.6 is 11.6 Å². The second-order valence-electron chi connectivity index (χ2n) is 6.90. The third kappa shape index (κ3) is 4.39. The highest BCUT2D eigenvalue weighted by Crippen LogP contribution is 2.31. The predicted octanol–water partition coefficient (Wildman–Crippen LogP) is 3.34. The number of ether oxygens (including phenoxy) is 1. The van der Waals surface area contributed by atoms with Crippen LogP contribution in [0.4, 0.5) is 0 Å². The van der Waals surface area contributed by atoms with E-state index < -0.39 is 0 Å². The van der Waals surface area contributed by atoms with Gasteiger partial charge in [-0.25, -0.2) is 0 Å². The SMILES string of the molecule is CC(C)Oc1ccc(Cl)cc1C(=O)NCC1CCN(C2CC2)C1. The van der Waals surface area contributed by atoms with Crippen molar-refractivity contribution in [2.75, 3.05) is 19.6 Å². The molecule has 1 heterocycles. The van der Waals surface area contributed by atoms with Gasteiger partial charge in [0.1, 0.15) is 5.75 Å². The Hall–Kier alpha value is -1.26. The molecule has 1 N–H and O–H groups in total. The zero-order valence-electron chi connectivity index (χ0n) is 13.8. The number of amides is 1. The van der Waals surface area contributed by atoms with Crippen molar-refractivity contribution in [2.45, 2.75) is 45.3 Å². The first-order valence-corrected chi connectivity index (χ1v) is 8.89. The molecule has 0 bridgehead atoms. The Morgan fingerprint density at radius 2 is 2.17 bits per heavy atom. The van der Waals surface area contributed by atoms with Crippen molar-refractivity contribution in [3.8, 4) is 5.75 Å². The molecular formula is C18H25ClN2O2. The maximum Gasteiger partial charge on any atom is 0.255 e. The van der Waals surface area contributed by atoms with Crippen molar-refractivity contribution in [1.29, 1.82) is 0 Å². The highest BCUT2D eigenvalue weighted by molar-refractivity contribution is 6.31. The van der Waals surface area contributed by atoms with Crippen LogP contribution in [0.25, 0.3) is 0 Å². The van der Waals surface area contributed by atoms with Crippen LogP contribution in [0.1, 0.15) is 43.5 Å². The largest absolute Gasteiger partial charge is 0.490 e. The number of carbonyl (C=O) groups is 1. The van der Waals surface area contributed by atoms with Gasteiger partial charge in [-0.3, -0.25) is 4.79 Å². The second kappa shape index (κ2) is 7.10. The van der Waals surface area contributed by atoms with Crippen LogP contribution in [0, 0.1) is 5.92 Å². The van der Waals surface area contributed by atoms with Gasteiger partial charge in [-0.15, -0.1) is 0 Å². The van der Waals surface area contributed by atoms with E-state index in [9.17, 15) is 4.79 Å². The van der Waals surface area contributed by atoms with Crippen molar-refractivity contribution < 1.29 is 9.53 Å². The van der Waals surface area contributed by atoms with E-state index in [1.54, 1.807) is 18.2 Å². The van der Waals surface area contributed by atoms with Gasteiger partial charge in [-0.2, -0.15) is 0 Å². The van der Waals surface area contributed by atoms with Crippen molar-refractivity contribution in [1.82, 2.24) is 10.2 Å². The molecule has 1 amide bonds. The fraction of sp³-hybridized carbons (Fsp3) is 0.611. The minimum atomic E-state index is -0.104. The number of halogens is 1. The first kappa shape index (κ1) is 16.6. The average Bonchev–Trinajstić information content (AvgIpc) is 3.25. The zero-order chi connectivity index (χ0) is 16.4. The summed E-state index contributed by atoms with van der Waals surface area (Å²) < 4.78 is 5.72. The Morgan fingerprint density at radius 3 is 2.87 bits per heavy atom. The summed E-state index contributed by atoms with van der Waals surface area (Å²) in [5.74, 6) is 1.04. The number of nitrogens with one attached hydrogen (secondary N) is 1. The molecule has 2 fully saturated rings. The van der Waals surface area contributed by atoms with Crippen LogP contribution < -0.4 is 10.1 Å². The number of carbonyl (C=O) groups excluding carboxylic acids is 1. The molecule has 1 atom stereocenters. The summed E-state index contributed by atoms with van der Waals surface area (Å²) >= 11 is 6.04. The third-order valence-electron chi connectivity index (χ3n) is 4.48. The van der Waals surface area contributed by atoms with Crippen molar-refractivity contribution >= 4 is 17.5 Å². The van der Waals surface area contributed by atoms with Gasteiger partial charge in [-0.1, -0.05) is 11.6 Å². The molecule has 0 aromatic heterocycles. The van der Waals surface area contributed by atoms with Crippen LogP contribution in [0.15, 0.2) is 18.2 Å². The van der Waals surface area contributed by atoms with Gasteiger partial charge in [0.2, 0.25) is 0 Å². The lowest BCUT2D eigenvalue weighted by Crippen LogP contribution is -2.31. The summed E-state index contributed by atoms with van der Waals surface area (Å²) in [5, 5.41) is 3.61. The third-order valence-corrected chi connectivity index (χ3v) is 4.72. The van der Waals surface area contributed by atoms with Crippen LogP contribution in [0.2, 0.25) is 5.02 Å². The molecule has 1 aliphatic heterocycles. The number of rotatable bonds is 6. The molecule has 3 rings (SSSR count). The molecule has 1 unspecified atom stereocenters. The predicted molar refractivity (Wildman–Crippen MR) is 92.3 cm³/mol. The summed E-state index contributed by atoms with van der Waals surface area (Å²) in [4.78, 5) is 15.1. The van der Waals surface area contributed by atoms with Gasteiger partial charge in [0.15, 0.2) is 0 Å². The molecule has 1 aromatic rings. The van der Waals surface area contributed by atoms with Gasteiger partial charge in [0.05, 0.1) is 11.7 Å². The highest BCUT2D eigenvalue weighted by atomic mass is 35.5. The first-order chi connectivity index (χ1) is 11.0. The first-order valence-electron chi connectivity index (χ1n) is 8.51. The van der Waals surface area contributed by atoms with E-state index in [1.807, 2.05) is 13.8 Å². The number of nitrogens with zero attached hydrogens (tertiary/aromatic N) is 1. The maximum absolute atomic E-state index is 12.5. The molecule has 1 aromatic carbocycles. The van der Waals surface area contributed by atoms with E-state index in [2.05, 4.69) is 10.2 Å². The van der Waals surface area contributed by atoms with E-state index >= 15 is 0 Å². The summed E-state index contributed by atoms with van der Waals surface area (Å²) in [6.45, 7) is 6.89. The van der Waals surface area contributed by atoms with Crippen molar-refractivity contribution in [3.63, 3.8) is 0 Å². The van der Waals surface area contributed by atoms with Crippen LogP contribution in [-0.2, 0) is 0 Å². The highest BCUT2D eigenvalue weighted by Gasteiger charge is 2.34. The van der Waals surface area contributed by atoms with E-state index in [-0.39, 0.29) is 12.0 Å². The van der Waals surface area contributed by atoms with E-state index in [4.69, 9.17) is 16.3 Å². The standard InChI is InChI=1S/C18H25ClN2O2/c1-12(2)23-17-6-3-14(19)9-16(17)18(22)20-10-13-7-8-21(11-13)15-4-5-15/h3,6,9,12-13,15H,4-5,7-8,10-11H2,1-2H3,(H,20,22). The second-order valence-corrected chi connectivity index (χ2v) is 7.33. The lowest BCUT2D eigenvalue weighted by molar-refractivity contribution is 0.0941. The van der Waals surface area contributed by atoms with Gasteiger partial charge in [0, 0.05) is 24.2 Å². The van der Waals surface area contributed by atoms with Crippen LogP contribution in [0.5, 0.6) is 5.75 Å². The molecule has 0 radical (unpaired) electrons. The Labute approximate surface area is 143 Å². The number of benzene rings is 1. The van der Waals surface area contributed by atoms with Crippen LogP contribution in [0.3, 0.4) is 0 Å². The van der Waals surface area contributed by atoms with E-state index in [1.165, 1.54) is 25.8 Å². The molecule has 126 valence electrons. The monoisotopic (exact) mass is 336 g/mol. The number of hydrogen-bond acceptors (Lipinski definition) is 3. The summed E-state index contributed by atoms with van der Waals surface area (Å²) in [7, 11) is 0. The Bertz CT molecular complexity index is 572. The lowest BCUT2D eigenvalue weighted by Gasteiger charge is -2.17. The molecule has 1 saturated heterocycles. The zero-order valence-corrected chi connectivity index (χ0v) is 14.6. The number of likely N-dealkylation sites (tertiary alicyclic amines) is 1. The van der Waals surface area contributed by atoms with Gasteiger partial charge in [-0.05, 0) is 63.8 Å². The summed E-state index contributed by atoms with van der Waals surface area (Å²) in [6.07, 6.45) is 3.88. The quantitative estimate of drug-likeness (QED) is 0.866. The van der Waals surface area contributed by atoms with Crippen molar-refractivity contribution in [3.05, 3.63) is 28.8 Å². The molecule has 4 nitrogen and oxygen atoms in total. The fourth-order valence-electron chi connectivity index (χ4n) is 3.17. The number of hydrogen-bond donors (Lipinski definition) is 1. The Kier molecular flexibility index (Phi) is 5.12. The Balaban J connectivity index is 1.58. The van der Waals surface area contributed by atoms with Gasteiger partial charge < -0.3 is 15.0 Å². The van der Waals surface area contributed by atoms with Gasteiger partial charge in [0.25, 0.3) is 5.91 Å². The van der Waals surface area contributed by atoms with Crippen LogP contribution in [-0.4, -0.2) is 42.6 Å². The lowest BCUT2D eigenvalue weighted by atomic mass is 10.1. The smallest absolute Gasteiger partial charge is 0.255 e. The molecule has 5 heteroatoms. The fourth-order valence-corrected chi connectivity index (χ4v) is 3.34. The normalized spacial score (nSPS) is 21.7. The molecular weight excluding hydrogens is 312 g/mol. The minimum absolute atomic E-state index is 0.0182. The Morgan fingerprint density at radius 1 is 1.39 bits per heavy atom. The summed E-state index contributed by atoms with van der Waals surface area (Å²) in [5.41, 5.74) is 0.517. The average molecular weight is 337 g/mol. The summed E-state index contributed by atoms with van der Waals surface area (Å²) in [6, 6.07) is 6.01. The molecule has 23 heavy (non-hydrogen) atoms. The van der Waals surface area contributed by atoms with E-state index in [0.717, 1.165) is 19.1 Å². The minimum Gasteiger partial charge on any atom is -0.490 e. The van der Waals surface area contributed by atoms with Gasteiger partial charge >= 0.3 is 0 Å².